The topological polar surface area (TPSA) is 74.0 Å². The number of halogens is 2. The standard InChI is InChI=1S/C19H24ClN5O2.HI/c1-13-17(14(2)27-23-13)10-22-19(21-3)25-9-8-24(18(26)12-25)11-15-4-6-16(20)7-5-15;/h4-7H,8-12H2,1-3H3,(H,21,22);1H. The molecule has 9 heteroatoms. The van der Waals surface area contributed by atoms with Crippen molar-refractivity contribution in [1.82, 2.24) is 20.3 Å². The van der Waals surface area contributed by atoms with Gasteiger partial charge in [0.2, 0.25) is 5.91 Å². The third-order valence-corrected chi connectivity index (χ3v) is 4.97. The van der Waals surface area contributed by atoms with Gasteiger partial charge in [-0.2, -0.15) is 0 Å². The molecule has 1 aromatic heterocycles. The van der Waals surface area contributed by atoms with Gasteiger partial charge in [-0.05, 0) is 31.5 Å². The molecule has 0 unspecified atom stereocenters. The summed E-state index contributed by atoms with van der Waals surface area (Å²) in [7, 11) is 1.72. The number of aryl methyl sites for hydroxylation is 2. The smallest absolute Gasteiger partial charge is 0.242 e. The number of amides is 1. The zero-order chi connectivity index (χ0) is 19.4. The number of nitrogens with one attached hydrogen (secondary N) is 1. The molecule has 2 heterocycles. The average molecular weight is 518 g/mol. The molecule has 7 nitrogen and oxygen atoms in total. The number of rotatable bonds is 4. The molecule has 0 radical (unpaired) electrons. The predicted molar refractivity (Wildman–Crippen MR) is 120 cm³/mol. The molecule has 0 spiro atoms. The summed E-state index contributed by atoms with van der Waals surface area (Å²) in [4.78, 5) is 20.7. The number of benzene rings is 1. The van der Waals surface area contributed by atoms with E-state index in [1.807, 2.05) is 47.9 Å². The Labute approximate surface area is 187 Å². The normalized spacial score (nSPS) is 14.9. The third kappa shape index (κ3) is 5.38. The lowest BCUT2D eigenvalue weighted by atomic mass is 10.2. The summed E-state index contributed by atoms with van der Waals surface area (Å²) in [5.74, 6) is 1.57. The highest BCUT2D eigenvalue weighted by Gasteiger charge is 2.26. The molecule has 1 N–H and O–H groups in total. The molecule has 0 atom stereocenters. The molecule has 0 aliphatic carbocycles. The van der Waals surface area contributed by atoms with Gasteiger partial charge in [-0.15, -0.1) is 24.0 Å². The van der Waals surface area contributed by atoms with E-state index in [4.69, 9.17) is 16.1 Å². The van der Waals surface area contributed by atoms with Crippen LogP contribution in [0.25, 0.3) is 0 Å². The molecule has 0 saturated carbocycles. The number of aromatic nitrogens is 1. The molecule has 1 aliphatic rings. The van der Waals surface area contributed by atoms with Crippen molar-refractivity contribution in [1.29, 1.82) is 0 Å². The number of carbonyl (C=O) groups excluding carboxylic acids is 1. The van der Waals surface area contributed by atoms with Crippen molar-refractivity contribution in [3.63, 3.8) is 0 Å². The summed E-state index contributed by atoms with van der Waals surface area (Å²) < 4.78 is 5.19. The van der Waals surface area contributed by atoms with Crippen LogP contribution in [0.1, 0.15) is 22.6 Å². The Bertz CT molecular complexity index is 818. The van der Waals surface area contributed by atoms with Crippen LogP contribution in [0.3, 0.4) is 0 Å². The zero-order valence-corrected chi connectivity index (χ0v) is 19.3. The molecular weight excluding hydrogens is 493 g/mol. The first kappa shape index (κ1) is 22.5. The molecule has 1 aliphatic heterocycles. The highest BCUT2D eigenvalue weighted by Crippen LogP contribution is 2.14. The number of guanidine groups is 1. The van der Waals surface area contributed by atoms with E-state index in [0.29, 0.717) is 37.2 Å². The molecular formula is C19H25ClIN5O2. The van der Waals surface area contributed by atoms with Crippen molar-refractivity contribution in [3.05, 3.63) is 51.9 Å². The van der Waals surface area contributed by atoms with Crippen molar-refractivity contribution in [2.75, 3.05) is 26.7 Å². The summed E-state index contributed by atoms with van der Waals surface area (Å²) in [6.07, 6.45) is 0. The van der Waals surface area contributed by atoms with Crippen LogP contribution in [0.15, 0.2) is 33.8 Å². The second-order valence-electron chi connectivity index (χ2n) is 6.57. The molecule has 3 rings (SSSR count). The molecule has 0 bridgehead atoms. The van der Waals surface area contributed by atoms with Crippen LogP contribution in [0.5, 0.6) is 0 Å². The van der Waals surface area contributed by atoms with Gasteiger partial charge in [-0.25, -0.2) is 0 Å². The Morgan fingerprint density at radius 2 is 2.00 bits per heavy atom. The number of nitrogens with zero attached hydrogens (tertiary/aromatic N) is 4. The van der Waals surface area contributed by atoms with Crippen molar-refractivity contribution in [2.24, 2.45) is 4.99 Å². The second kappa shape index (κ2) is 10.1. The lowest BCUT2D eigenvalue weighted by molar-refractivity contribution is -0.135. The Kier molecular flexibility index (Phi) is 8.11. The van der Waals surface area contributed by atoms with Gasteiger partial charge in [0.05, 0.1) is 12.2 Å². The predicted octanol–water partition coefficient (Wildman–Crippen LogP) is 2.98. The fourth-order valence-corrected chi connectivity index (χ4v) is 3.25. The van der Waals surface area contributed by atoms with E-state index in [1.165, 1.54) is 0 Å². The number of piperazine rings is 1. The highest BCUT2D eigenvalue weighted by atomic mass is 127. The van der Waals surface area contributed by atoms with E-state index in [1.54, 1.807) is 7.05 Å². The van der Waals surface area contributed by atoms with Gasteiger partial charge >= 0.3 is 0 Å². The van der Waals surface area contributed by atoms with Gasteiger partial charge < -0.3 is 19.6 Å². The largest absolute Gasteiger partial charge is 0.361 e. The second-order valence-corrected chi connectivity index (χ2v) is 7.00. The molecule has 1 aromatic carbocycles. The molecule has 152 valence electrons. The summed E-state index contributed by atoms with van der Waals surface area (Å²) >= 11 is 5.92. The Morgan fingerprint density at radius 1 is 1.29 bits per heavy atom. The molecule has 1 fully saturated rings. The SMILES string of the molecule is CN=C(NCc1c(C)noc1C)N1CCN(Cc2ccc(Cl)cc2)C(=O)C1.I. The van der Waals surface area contributed by atoms with Crippen LogP contribution < -0.4 is 5.32 Å². The maximum atomic E-state index is 12.6. The number of carbonyl (C=O) groups is 1. The fraction of sp³-hybridized carbons (Fsp3) is 0.421. The summed E-state index contributed by atoms with van der Waals surface area (Å²) in [6, 6.07) is 7.59. The summed E-state index contributed by atoms with van der Waals surface area (Å²) in [5, 5.41) is 7.96. The number of aliphatic imine (C=N–C) groups is 1. The van der Waals surface area contributed by atoms with Crippen molar-refractivity contribution in [2.45, 2.75) is 26.9 Å². The maximum absolute atomic E-state index is 12.6. The molecule has 2 aromatic rings. The zero-order valence-electron chi connectivity index (χ0n) is 16.2. The maximum Gasteiger partial charge on any atom is 0.242 e. The van der Waals surface area contributed by atoms with Crippen LogP contribution in [-0.2, 0) is 17.9 Å². The van der Waals surface area contributed by atoms with Crippen LogP contribution in [0, 0.1) is 13.8 Å². The minimum Gasteiger partial charge on any atom is -0.361 e. The van der Waals surface area contributed by atoms with Gasteiger partial charge in [0, 0.05) is 43.8 Å². The van der Waals surface area contributed by atoms with E-state index < -0.39 is 0 Å². The van der Waals surface area contributed by atoms with Gasteiger partial charge in [0.25, 0.3) is 0 Å². The van der Waals surface area contributed by atoms with E-state index >= 15 is 0 Å². The van der Waals surface area contributed by atoms with Gasteiger partial charge in [-0.3, -0.25) is 9.79 Å². The van der Waals surface area contributed by atoms with Crippen molar-refractivity contribution >= 4 is 47.4 Å². The van der Waals surface area contributed by atoms with Gasteiger partial charge in [0.15, 0.2) is 5.96 Å². The van der Waals surface area contributed by atoms with E-state index in [9.17, 15) is 4.79 Å². The molecule has 1 saturated heterocycles. The van der Waals surface area contributed by atoms with E-state index in [0.717, 1.165) is 29.1 Å². The van der Waals surface area contributed by atoms with Crippen LogP contribution in [-0.4, -0.2) is 53.5 Å². The summed E-state index contributed by atoms with van der Waals surface area (Å²) in [6.45, 7) is 6.62. The minimum atomic E-state index is 0. The van der Waals surface area contributed by atoms with Crippen LogP contribution in [0.4, 0.5) is 0 Å². The quantitative estimate of drug-likeness (QED) is 0.383. The van der Waals surface area contributed by atoms with E-state index in [-0.39, 0.29) is 29.9 Å². The number of hydrogen-bond donors (Lipinski definition) is 1. The molecule has 28 heavy (non-hydrogen) atoms. The summed E-state index contributed by atoms with van der Waals surface area (Å²) in [5.41, 5.74) is 2.95. The minimum absolute atomic E-state index is 0. The van der Waals surface area contributed by atoms with Crippen molar-refractivity contribution in [3.8, 4) is 0 Å². The first-order valence-electron chi connectivity index (χ1n) is 8.87. The lowest BCUT2D eigenvalue weighted by Gasteiger charge is -2.36. The van der Waals surface area contributed by atoms with Gasteiger partial charge in [0.1, 0.15) is 5.76 Å². The van der Waals surface area contributed by atoms with Crippen LogP contribution in [0.2, 0.25) is 5.02 Å². The van der Waals surface area contributed by atoms with Gasteiger partial charge in [-0.1, -0.05) is 28.9 Å². The first-order chi connectivity index (χ1) is 13.0. The molecule has 1 amide bonds. The lowest BCUT2D eigenvalue weighted by Crippen LogP contribution is -2.54. The first-order valence-corrected chi connectivity index (χ1v) is 9.25. The van der Waals surface area contributed by atoms with Crippen molar-refractivity contribution < 1.29 is 9.32 Å². The fourth-order valence-electron chi connectivity index (χ4n) is 3.12. The van der Waals surface area contributed by atoms with E-state index in [2.05, 4.69) is 15.5 Å². The number of hydrogen-bond acceptors (Lipinski definition) is 4. The Morgan fingerprint density at radius 3 is 2.57 bits per heavy atom. The Balaban J connectivity index is 0.00000280. The Hall–Kier alpha value is -1.81. The third-order valence-electron chi connectivity index (χ3n) is 4.72. The highest BCUT2D eigenvalue weighted by molar-refractivity contribution is 14.0. The monoisotopic (exact) mass is 517 g/mol. The van der Waals surface area contributed by atoms with Crippen LogP contribution >= 0.6 is 35.6 Å². The average Bonchev–Trinajstić information content (AvgIpc) is 2.98.